The first-order valence-electron chi connectivity index (χ1n) is 5.52. The predicted molar refractivity (Wildman–Crippen MR) is 66.0 cm³/mol. The third-order valence-corrected chi connectivity index (χ3v) is 2.22. The Bertz CT molecular complexity index is 583. The van der Waals surface area contributed by atoms with E-state index in [1.54, 1.807) is 30.3 Å². The van der Waals surface area contributed by atoms with E-state index in [9.17, 15) is 9.18 Å². The van der Waals surface area contributed by atoms with Crippen molar-refractivity contribution in [2.24, 2.45) is 0 Å². The molecule has 0 aromatic heterocycles. The summed E-state index contributed by atoms with van der Waals surface area (Å²) in [7, 11) is 0. The lowest BCUT2D eigenvalue weighted by molar-refractivity contribution is -0.139. The van der Waals surface area contributed by atoms with E-state index in [4.69, 9.17) is 14.6 Å². The summed E-state index contributed by atoms with van der Waals surface area (Å²) in [6.07, 6.45) is 0. The SMILES string of the molecule is O=C(O)COc1ccccc1Oc1cccc(F)c1. The van der Waals surface area contributed by atoms with E-state index in [1.807, 2.05) is 0 Å². The molecule has 0 heterocycles. The molecule has 0 spiro atoms. The summed E-state index contributed by atoms with van der Waals surface area (Å²) in [5.41, 5.74) is 0. The van der Waals surface area contributed by atoms with E-state index in [-0.39, 0.29) is 5.75 Å². The molecule has 0 aliphatic carbocycles. The monoisotopic (exact) mass is 262 g/mol. The first-order valence-corrected chi connectivity index (χ1v) is 5.52. The molecule has 0 aliphatic heterocycles. The molecule has 2 aromatic rings. The summed E-state index contributed by atoms with van der Waals surface area (Å²) in [6, 6.07) is 12.2. The number of carboxylic acid groups (broad SMARTS) is 1. The summed E-state index contributed by atoms with van der Waals surface area (Å²) in [4.78, 5) is 10.5. The highest BCUT2D eigenvalue weighted by molar-refractivity contribution is 5.68. The van der Waals surface area contributed by atoms with Crippen LogP contribution in [0.4, 0.5) is 4.39 Å². The van der Waals surface area contributed by atoms with Crippen LogP contribution in [0, 0.1) is 5.82 Å². The van der Waals surface area contributed by atoms with Crippen LogP contribution in [0.1, 0.15) is 0 Å². The Morgan fingerprint density at radius 3 is 2.53 bits per heavy atom. The van der Waals surface area contributed by atoms with Crippen LogP contribution < -0.4 is 9.47 Å². The van der Waals surface area contributed by atoms with E-state index < -0.39 is 18.4 Å². The van der Waals surface area contributed by atoms with Crippen molar-refractivity contribution >= 4 is 5.97 Å². The molecule has 2 aromatic carbocycles. The van der Waals surface area contributed by atoms with Gasteiger partial charge in [-0.1, -0.05) is 18.2 Å². The summed E-state index contributed by atoms with van der Waals surface area (Å²) < 4.78 is 23.6. The average Bonchev–Trinajstić information content (AvgIpc) is 2.38. The molecule has 0 saturated heterocycles. The van der Waals surface area contributed by atoms with E-state index in [0.717, 1.165) is 0 Å². The van der Waals surface area contributed by atoms with Crippen molar-refractivity contribution in [3.05, 3.63) is 54.3 Å². The number of carboxylic acids is 1. The number of rotatable bonds is 5. The predicted octanol–water partition coefficient (Wildman–Crippen LogP) is 3.08. The van der Waals surface area contributed by atoms with Crippen molar-refractivity contribution in [3.8, 4) is 17.2 Å². The molecule has 0 fully saturated rings. The molecule has 2 rings (SSSR count). The van der Waals surface area contributed by atoms with Crippen LogP contribution in [-0.4, -0.2) is 17.7 Å². The van der Waals surface area contributed by atoms with Gasteiger partial charge in [-0.15, -0.1) is 0 Å². The Hall–Kier alpha value is -2.56. The van der Waals surface area contributed by atoms with Crippen LogP contribution in [0.2, 0.25) is 0 Å². The van der Waals surface area contributed by atoms with Gasteiger partial charge in [-0.05, 0) is 24.3 Å². The Labute approximate surface area is 109 Å². The summed E-state index contributed by atoms with van der Waals surface area (Å²) in [5.74, 6) is -0.572. The number of carbonyl (C=O) groups is 1. The topological polar surface area (TPSA) is 55.8 Å². The van der Waals surface area contributed by atoms with Gasteiger partial charge in [-0.3, -0.25) is 0 Å². The van der Waals surface area contributed by atoms with Crippen LogP contribution >= 0.6 is 0 Å². The highest BCUT2D eigenvalue weighted by Crippen LogP contribution is 2.31. The molecule has 0 aliphatic rings. The summed E-state index contributed by atoms with van der Waals surface area (Å²) in [6.45, 7) is -0.469. The highest BCUT2D eigenvalue weighted by atomic mass is 19.1. The molecule has 5 heteroatoms. The molecular formula is C14H11FO4. The summed E-state index contributed by atoms with van der Waals surface area (Å²) in [5, 5.41) is 8.58. The van der Waals surface area contributed by atoms with Gasteiger partial charge in [-0.2, -0.15) is 0 Å². The van der Waals surface area contributed by atoms with E-state index in [2.05, 4.69) is 0 Å². The minimum absolute atomic E-state index is 0.286. The fourth-order valence-corrected chi connectivity index (χ4v) is 1.45. The van der Waals surface area contributed by atoms with E-state index >= 15 is 0 Å². The standard InChI is InChI=1S/C14H11FO4/c15-10-4-3-5-11(8-10)19-13-7-2-1-6-12(13)18-9-14(16)17/h1-8H,9H2,(H,16,17). The zero-order chi connectivity index (χ0) is 13.7. The van der Waals surface area contributed by atoms with Crippen molar-refractivity contribution in [3.63, 3.8) is 0 Å². The van der Waals surface area contributed by atoms with Crippen LogP contribution in [0.15, 0.2) is 48.5 Å². The fraction of sp³-hybridized carbons (Fsp3) is 0.0714. The lowest BCUT2D eigenvalue weighted by Crippen LogP contribution is -2.09. The second-order valence-corrected chi connectivity index (χ2v) is 3.69. The fourth-order valence-electron chi connectivity index (χ4n) is 1.45. The molecule has 0 saturated carbocycles. The Morgan fingerprint density at radius 1 is 1.11 bits per heavy atom. The van der Waals surface area contributed by atoms with Crippen LogP contribution in [0.5, 0.6) is 17.2 Å². The first kappa shape index (κ1) is 12.9. The number of hydrogen-bond donors (Lipinski definition) is 1. The van der Waals surface area contributed by atoms with Crippen molar-refractivity contribution in [1.29, 1.82) is 0 Å². The van der Waals surface area contributed by atoms with Gasteiger partial charge in [0, 0.05) is 6.07 Å². The van der Waals surface area contributed by atoms with Gasteiger partial charge in [-0.25, -0.2) is 9.18 Å². The molecule has 4 nitrogen and oxygen atoms in total. The van der Waals surface area contributed by atoms with E-state index in [0.29, 0.717) is 11.5 Å². The molecule has 0 atom stereocenters. The molecule has 1 N–H and O–H groups in total. The van der Waals surface area contributed by atoms with Gasteiger partial charge < -0.3 is 14.6 Å². The van der Waals surface area contributed by atoms with Crippen molar-refractivity contribution in [2.45, 2.75) is 0 Å². The van der Waals surface area contributed by atoms with Gasteiger partial charge >= 0.3 is 5.97 Å². The molecular weight excluding hydrogens is 251 g/mol. The third-order valence-electron chi connectivity index (χ3n) is 2.22. The molecule has 0 radical (unpaired) electrons. The van der Waals surface area contributed by atoms with Crippen LogP contribution in [0.25, 0.3) is 0 Å². The van der Waals surface area contributed by atoms with E-state index in [1.165, 1.54) is 18.2 Å². The van der Waals surface area contributed by atoms with Gasteiger partial charge in [0.1, 0.15) is 11.6 Å². The normalized spacial score (nSPS) is 9.95. The van der Waals surface area contributed by atoms with Gasteiger partial charge in [0.05, 0.1) is 0 Å². The quantitative estimate of drug-likeness (QED) is 0.899. The minimum atomic E-state index is -1.08. The first-order chi connectivity index (χ1) is 9.15. The largest absolute Gasteiger partial charge is 0.479 e. The second kappa shape index (κ2) is 5.86. The molecule has 0 unspecified atom stereocenters. The second-order valence-electron chi connectivity index (χ2n) is 3.69. The molecule has 98 valence electrons. The maximum Gasteiger partial charge on any atom is 0.341 e. The minimum Gasteiger partial charge on any atom is -0.479 e. The Morgan fingerprint density at radius 2 is 1.84 bits per heavy atom. The van der Waals surface area contributed by atoms with Crippen molar-refractivity contribution in [2.75, 3.05) is 6.61 Å². The highest BCUT2D eigenvalue weighted by Gasteiger charge is 2.07. The average molecular weight is 262 g/mol. The maximum atomic E-state index is 13.0. The smallest absolute Gasteiger partial charge is 0.341 e. The Kier molecular flexibility index (Phi) is 3.97. The van der Waals surface area contributed by atoms with Crippen LogP contribution in [-0.2, 0) is 4.79 Å². The van der Waals surface area contributed by atoms with Gasteiger partial charge in [0.2, 0.25) is 0 Å². The van der Waals surface area contributed by atoms with Crippen molar-refractivity contribution < 1.29 is 23.8 Å². The number of benzene rings is 2. The number of aliphatic carboxylic acids is 1. The lowest BCUT2D eigenvalue weighted by atomic mass is 10.3. The maximum absolute atomic E-state index is 13.0. The van der Waals surface area contributed by atoms with Crippen molar-refractivity contribution in [1.82, 2.24) is 0 Å². The number of ether oxygens (including phenoxy) is 2. The lowest BCUT2D eigenvalue weighted by Gasteiger charge is -2.11. The molecule has 19 heavy (non-hydrogen) atoms. The summed E-state index contributed by atoms with van der Waals surface area (Å²) >= 11 is 0. The van der Waals surface area contributed by atoms with Crippen LogP contribution in [0.3, 0.4) is 0 Å². The van der Waals surface area contributed by atoms with Gasteiger partial charge in [0.15, 0.2) is 18.1 Å². The zero-order valence-corrected chi connectivity index (χ0v) is 9.88. The van der Waals surface area contributed by atoms with Gasteiger partial charge in [0.25, 0.3) is 0 Å². The number of para-hydroxylation sites is 2. The zero-order valence-electron chi connectivity index (χ0n) is 9.88. The third kappa shape index (κ3) is 3.70. The molecule has 0 amide bonds. The molecule has 0 bridgehead atoms. The Balaban J connectivity index is 2.17. The number of halogens is 1. The number of hydrogen-bond acceptors (Lipinski definition) is 3.